The van der Waals surface area contributed by atoms with Gasteiger partial charge < -0.3 is 8.92 Å². The van der Waals surface area contributed by atoms with E-state index in [1.54, 1.807) is 38.1 Å². The molecule has 0 spiro atoms. The van der Waals surface area contributed by atoms with Gasteiger partial charge in [-0.2, -0.15) is 23.5 Å². The number of nitrogens with one attached hydrogen (secondary N) is 1. The predicted molar refractivity (Wildman–Crippen MR) is 127 cm³/mol. The monoisotopic (exact) mass is 484 g/mol. The van der Waals surface area contributed by atoms with E-state index < -0.39 is 16.0 Å². The lowest BCUT2D eigenvalue weighted by Crippen LogP contribution is -2.35. The van der Waals surface area contributed by atoms with Gasteiger partial charge in [0.2, 0.25) is 5.17 Å². The van der Waals surface area contributed by atoms with Crippen LogP contribution in [0.25, 0.3) is 6.08 Å². The minimum atomic E-state index is -4.07. The topological polar surface area (TPSA) is 121 Å². The van der Waals surface area contributed by atoms with E-state index in [1.165, 1.54) is 41.0 Å². The molecule has 170 valence electrons. The van der Waals surface area contributed by atoms with Gasteiger partial charge in [-0.05, 0) is 68.4 Å². The molecule has 33 heavy (non-hydrogen) atoms. The van der Waals surface area contributed by atoms with Crippen molar-refractivity contribution in [2.75, 3.05) is 6.61 Å². The Balaban J connectivity index is 1.66. The van der Waals surface area contributed by atoms with Gasteiger partial charge >= 0.3 is 10.1 Å². The Morgan fingerprint density at radius 2 is 1.85 bits per heavy atom. The summed E-state index contributed by atoms with van der Waals surface area (Å²) in [7, 11) is -4.07. The lowest BCUT2D eigenvalue weighted by Gasteiger charge is -2.20. The van der Waals surface area contributed by atoms with E-state index >= 15 is 0 Å². The van der Waals surface area contributed by atoms with E-state index in [0.717, 1.165) is 5.56 Å². The van der Waals surface area contributed by atoms with Gasteiger partial charge in [0.05, 0.1) is 17.2 Å². The normalized spacial score (nSPS) is 17.1. The minimum absolute atomic E-state index is 0.0149. The second kappa shape index (κ2) is 8.83. The van der Waals surface area contributed by atoms with E-state index in [1.807, 2.05) is 6.92 Å². The molecule has 0 unspecified atom stereocenters. The van der Waals surface area contributed by atoms with Gasteiger partial charge in [0, 0.05) is 0 Å². The maximum Gasteiger partial charge on any atom is 0.339 e. The van der Waals surface area contributed by atoms with Crippen LogP contribution in [-0.2, 0) is 14.9 Å². The third kappa shape index (κ3) is 4.69. The van der Waals surface area contributed by atoms with Crippen LogP contribution in [0.2, 0.25) is 0 Å². The number of ether oxygens (including phenoxy) is 1. The van der Waals surface area contributed by atoms with Crippen molar-refractivity contribution in [2.45, 2.75) is 25.7 Å². The Hall–Kier alpha value is -3.44. The highest BCUT2D eigenvalue weighted by Crippen LogP contribution is 2.33. The molecule has 9 nitrogen and oxygen atoms in total. The van der Waals surface area contributed by atoms with Crippen LogP contribution in [0.15, 0.2) is 63.0 Å². The number of amides is 1. The first-order valence-electron chi connectivity index (χ1n) is 9.93. The van der Waals surface area contributed by atoms with Crippen LogP contribution in [0.4, 0.5) is 0 Å². The molecule has 2 aromatic carbocycles. The van der Waals surface area contributed by atoms with E-state index in [4.69, 9.17) is 14.3 Å². The number of benzene rings is 2. The van der Waals surface area contributed by atoms with Crippen LogP contribution in [0.1, 0.15) is 25.0 Å². The predicted octanol–water partition coefficient (Wildman–Crippen LogP) is 3.80. The molecule has 0 radical (unpaired) electrons. The molecule has 0 atom stereocenters. The Bertz CT molecular complexity index is 1350. The van der Waals surface area contributed by atoms with Gasteiger partial charge in [0.25, 0.3) is 5.91 Å². The average molecular weight is 485 g/mol. The number of thioether (sulfide) groups is 1. The van der Waals surface area contributed by atoms with Gasteiger partial charge in [-0.3, -0.25) is 10.2 Å². The quantitative estimate of drug-likeness (QED) is 0.489. The number of fused-ring (bicyclic) bond motifs is 1. The van der Waals surface area contributed by atoms with Crippen LogP contribution in [-0.4, -0.2) is 42.0 Å². The number of hydrogen-bond acceptors (Lipinski definition) is 8. The largest absolute Gasteiger partial charge is 0.490 e. The fraction of sp³-hybridized carbons (Fsp3) is 0.182. The Kier molecular flexibility index (Phi) is 6.09. The summed E-state index contributed by atoms with van der Waals surface area (Å²) >= 11 is 1.22. The standard InChI is InChI=1S/C22H20N4O5S2/c1-4-30-19-12-15(11-17-20(23)26-22(24-21(17)27)32-14(3)25-26)7-10-18(19)31-33(28,29)16-8-5-13(2)6-9-16/h5-12,23H,4H2,1-3H3/b17-11-,23-20?. The van der Waals surface area contributed by atoms with E-state index in [2.05, 4.69) is 10.1 Å². The number of aryl methyl sites for hydroxylation is 1. The van der Waals surface area contributed by atoms with Gasteiger partial charge in [0.1, 0.15) is 4.90 Å². The number of carbonyl (C=O) groups excluding carboxylic acids is 1. The molecule has 0 aromatic heterocycles. The Morgan fingerprint density at radius 3 is 2.55 bits per heavy atom. The van der Waals surface area contributed by atoms with Crippen molar-refractivity contribution in [3.05, 3.63) is 59.2 Å². The molecule has 0 bridgehead atoms. The minimum Gasteiger partial charge on any atom is -0.490 e. The van der Waals surface area contributed by atoms with Crippen molar-refractivity contribution in [3.63, 3.8) is 0 Å². The maximum absolute atomic E-state index is 12.7. The molecule has 4 rings (SSSR count). The first kappa shape index (κ1) is 22.7. The third-order valence-corrected chi connectivity index (χ3v) is 6.72. The first-order chi connectivity index (χ1) is 15.7. The van der Waals surface area contributed by atoms with E-state index in [0.29, 0.717) is 15.8 Å². The van der Waals surface area contributed by atoms with Crippen LogP contribution in [0, 0.1) is 12.3 Å². The number of aliphatic imine (C=N–C) groups is 1. The molecule has 0 aliphatic carbocycles. The number of hydrogen-bond donors (Lipinski definition) is 1. The molecule has 2 heterocycles. The highest BCUT2D eigenvalue weighted by atomic mass is 32.2. The summed E-state index contributed by atoms with van der Waals surface area (Å²) in [5.41, 5.74) is 1.49. The Morgan fingerprint density at radius 1 is 1.12 bits per heavy atom. The second-order valence-electron chi connectivity index (χ2n) is 7.13. The van der Waals surface area contributed by atoms with Crippen LogP contribution in [0.5, 0.6) is 11.5 Å². The van der Waals surface area contributed by atoms with Gasteiger partial charge in [-0.25, -0.2) is 0 Å². The molecule has 2 aliphatic rings. The van der Waals surface area contributed by atoms with Crippen molar-refractivity contribution in [3.8, 4) is 11.5 Å². The van der Waals surface area contributed by atoms with Crippen LogP contribution < -0.4 is 8.92 Å². The molecule has 0 fully saturated rings. The molecule has 2 aliphatic heterocycles. The van der Waals surface area contributed by atoms with Gasteiger partial charge in [-0.1, -0.05) is 23.8 Å². The zero-order valence-electron chi connectivity index (χ0n) is 18.0. The zero-order chi connectivity index (χ0) is 23.8. The summed E-state index contributed by atoms with van der Waals surface area (Å²) in [5.74, 6) is -0.438. The van der Waals surface area contributed by atoms with Crippen molar-refractivity contribution in [2.24, 2.45) is 10.1 Å². The number of rotatable bonds is 6. The zero-order valence-corrected chi connectivity index (χ0v) is 19.7. The third-order valence-electron chi connectivity index (χ3n) is 4.64. The van der Waals surface area contributed by atoms with Crippen LogP contribution in [0.3, 0.4) is 0 Å². The fourth-order valence-electron chi connectivity index (χ4n) is 3.08. The molecule has 0 saturated heterocycles. The van der Waals surface area contributed by atoms with Crippen LogP contribution >= 0.6 is 11.8 Å². The molecule has 1 N–H and O–H groups in total. The average Bonchev–Trinajstić information content (AvgIpc) is 3.13. The second-order valence-corrected chi connectivity index (χ2v) is 9.84. The lowest BCUT2D eigenvalue weighted by molar-refractivity contribution is -0.114. The summed E-state index contributed by atoms with van der Waals surface area (Å²) in [6.45, 7) is 5.65. The van der Waals surface area contributed by atoms with Crippen molar-refractivity contribution in [1.29, 1.82) is 5.41 Å². The highest BCUT2D eigenvalue weighted by Gasteiger charge is 2.34. The first-order valence-corrected chi connectivity index (χ1v) is 12.2. The smallest absolute Gasteiger partial charge is 0.339 e. The SMILES string of the molecule is CCOc1cc(/C=C2/C(=N)N3N=C(C)SC3=NC2=O)ccc1OS(=O)(=O)c1ccc(C)cc1. The summed E-state index contributed by atoms with van der Waals surface area (Å²) in [4.78, 5) is 16.5. The van der Waals surface area contributed by atoms with E-state index in [9.17, 15) is 13.2 Å². The summed E-state index contributed by atoms with van der Waals surface area (Å²) in [5, 5.41) is 14.9. The maximum atomic E-state index is 12.7. The van der Waals surface area contributed by atoms with E-state index in [-0.39, 0.29) is 34.4 Å². The number of amidine groups is 2. The molecule has 1 amide bonds. The summed E-state index contributed by atoms with van der Waals surface area (Å²) in [6.07, 6.45) is 1.49. The van der Waals surface area contributed by atoms with Crippen molar-refractivity contribution < 1.29 is 22.1 Å². The lowest BCUT2D eigenvalue weighted by atomic mass is 10.1. The van der Waals surface area contributed by atoms with Gasteiger partial charge in [-0.15, -0.1) is 0 Å². The number of carbonyl (C=O) groups is 1. The Labute approximate surface area is 195 Å². The molecule has 11 heteroatoms. The molecule has 0 saturated carbocycles. The molecular formula is C22H20N4O5S2. The van der Waals surface area contributed by atoms with Crippen molar-refractivity contribution >= 4 is 49.9 Å². The highest BCUT2D eigenvalue weighted by molar-refractivity contribution is 8.26. The summed E-state index contributed by atoms with van der Waals surface area (Å²) in [6, 6.07) is 10.9. The van der Waals surface area contributed by atoms with Crippen molar-refractivity contribution in [1.82, 2.24) is 5.01 Å². The molecule has 2 aromatic rings. The number of hydrazone groups is 1. The summed E-state index contributed by atoms with van der Waals surface area (Å²) < 4.78 is 36.3. The number of nitrogens with zero attached hydrogens (tertiary/aromatic N) is 3. The van der Waals surface area contributed by atoms with Gasteiger partial charge in [0.15, 0.2) is 17.3 Å². The fourth-order valence-corrected chi connectivity index (χ4v) is 4.75. The molecular weight excluding hydrogens is 464 g/mol.